The van der Waals surface area contributed by atoms with Gasteiger partial charge in [-0.3, -0.25) is 0 Å². The number of aryl methyl sites for hydroxylation is 1. The van der Waals surface area contributed by atoms with Crippen LogP contribution in [-0.2, 0) is 11.2 Å². The van der Waals surface area contributed by atoms with Crippen molar-refractivity contribution in [2.75, 3.05) is 7.11 Å². The first-order chi connectivity index (χ1) is 8.63. The Labute approximate surface area is 109 Å². The van der Waals surface area contributed by atoms with Crippen LogP contribution >= 0.6 is 0 Å². The Morgan fingerprint density at radius 2 is 2.28 bits per heavy atom. The van der Waals surface area contributed by atoms with E-state index in [0.29, 0.717) is 18.2 Å². The van der Waals surface area contributed by atoms with Crippen molar-refractivity contribution in [3.05, 3.63) is 23.7 Å². The molecule has 18 heavy (non-hydrogen) atoms. The lowest BCUT2D eigenvalue weighted by Crippen LogP contribution is -2.61. The second-order valence-electron chi connectivity index (χ2n) is 6.24. The third-order valence-electron chi connectivity index (χ3n) is 4.92. The summed E-state index contributed by atoms with van der Waals surface area (Å²) in [6, 6.07) is 3.15. The van der Waals surface area contributed by atoms with Gasteiger partial charge in [-0.15, -0.1) is 0 Å². The number of fused-ring (bicyclic) bond motifs is 1. The Morgan fingerprint density at radius 1 is 1.44 bits per heavy atom. The van der Waals surface area contributed by atoms with Gasteiger partial charge in [0.2, 0.25) is 0 Å². The van der Waals surface area contributed by atoms with Gasteiger partial charge in [-0.1, -0.05) is 13.8 Å². The van der Waals surface area contributed by atoms with Gasteiger partial charge in [-0.05, 0) is 25.3 Å². The van der Waals surface area contributed by atoms with Gasteiger partial charge in [-0.2, -0.15) is 0 Å². The molecule has 3 heteroatoms. The van der Waals surface area contributed by atoms with Crippen LogP contribution in [0.4, 0.5) is 0 Å². The molecule has 1 aromatic heterocycles. The van der Waals surface area contributed by atoms with E-state index in [4.69, 9.17) is 9.15 Å². The molecule has 1 aromatic rings. The first-order valence-corrected chi connectivity index (χ1v) is 6.98. The molecule has 2 aliphatic carbocycles. The molecule has 0 radical (unpaired) electrons. The van der Waals surface area contributed by atoms with Crippen molar-refractivity contribution in [2.45, 2.75) is 57.7 Å². The van der Waals surface area contributed by atoms with Crippen molar-refractivity contribution in [1.29, 1.82) is 0 Å². The zero-order chi connectivity index (χ0) is 12.8. The molecule has 0 spiro atoms. The first-order valence-electron chi connectivity index (χ1n) is 6.98. The van der Waals surface area contributed by atoms with E-state index in [1.807, 2.05) is 13.4 Å². The van der Waals surface area contributed by atoms with Gasteiger partial charge in [-0.25, -0.2) is 0 Å². The smallest absolute Gasteiger partial charge is 0.108 e. The minimum absolute atomic E-state index is 0.232. The highest BCUT2D eigenvalue weighted by atomic mass is 16.5. The van der Waals surface area contributed by atoms with Crippen molar-refractivity contribution in [3.63, 3.8) is 0 Å². The molecule has 3 unspecified atom stereocenters. The minimum atomic E-state index is 0.232. The molecule has 0 aliphatic heterocycles. The number of hydrogen-bond donors (Lipinski definition) is 1. The molecule has 1 heterocycles. The first kappa shape index (κ1) is 12.2. The van der Waals surface area contributed by atoms with Crippen molar-refractivity contribution >= 4 is 0 Å². The molecule has 0 amide bonds. The molecular formula is C15H23NO2. The van der Waals surface area contributed by atoms with Crippen molar-refractivity contribution < 1.29 is 9.15 Å². The molecule has 1 saturated carbocycles. The second kappa shape index (κ2) is 4.39. The van der Waals surface area contributed by atoms with Gasteiger partial charge in [0.05, 0.1) is 12.4 Å². The van der Waals surface area contributed by atoms with E-state index in [1.165, 1.54) is 24.2 Å². The number of rotatable bonds is 3. The normalized spacial score (nSPS) is 33.8. The summed E-state index contributed by atoms with van der Waals surface area (Å²) in [6.45, 7) is 4.59. The largest absolute Gasteiger partial charge is 0.469 e. The monoisotopic (exact) mass is 249 g/mol. The number of nitrogens with one attached hydrogen (secondary N) is 1. The maximum absolute atomic E-state index is 5.55. The van der Waals surface area contributed by atoms with Crippen LogP contribution in [0.25, 0.3) is 0 Å². The van der Waals surface area contributed by atoms with E-state index in [0.717, 1.165) is 12.8 Å². The lowest BCUT2D eigenvalue weighted by Gasteiger charge is -2.52. The van der Waals surface area contributed by atoms with Gasteiger partial charge < -0.3 is 14.5 Å². The molecule has 1 fully saturated rings. The van der Waals surface area contributed by atoms with E-state index in [1.54, 1.807) is 0 Å². The van der Waals surface area contributed by atoms with Crippen molar-refractivity contribution in [1.82, 2.24) is 5.32 Å². The highest BCUT2D eigenvalue weighted by molar-refractivity contribution is 5.24. The van der Waals surface area contributed by atoms with Crippen LogP contribution in [0.1, 0.15) is 50.5 Å². The summed E-state index contributed by atoms with van der Waals surface area (Å²) in [5.74, 6) is 1.18. The maximum atomic E-state index is 5.55. The van der Waals surface area contributed by atoms with Crippen LogP contribution in [0.3, 0.4) is 0 Å². The Morgan fingerprint density at radius 3 is 3.00 bits per heavy atom. The molecule has 0 aromatic carbocycles. The summed E-state index contributed by atoms with van der Waals surface area (Å²) in [7, 11) is 1.82. The van der Waals surface area contributed by atoms with Crippen molar-refractivity contribution in [3.8, 4) is 0 Å². The Balaban J connectivity index is 1.69. The standard InChI is InChI=1S/C15H23NO2/c1-15(2)13(9-14(15)17-3)16-11-5-4-6-12-10(11)7-8-18-12/h7-8,11,13-14,16H,4-6,9H2,1-3H3. The average molecular weight is 249 g/mol. The summed E-state index contributed by atoms with van der Waals surface area (Å²) in [5, 5.41) is 3.81. The highest BCUT2D eigenvalue weighted by Gasteiger charge is 2.49. The predicted octanol–water partition coefficient (Wildman–Crippen LogP) is 3.06. The Bertz CT molecular complexity index is 424. The Kier molecular flexibility index (Phi) is 2.99. The van der Waals surface area contributed by atoms with E-state index < -0.39 is 0 Å². The molecule has 100 valence electrons. The number of methoxy groups -OCH3 is 1. The van der Waals surface area contributed by atoms with Crippen LogP contribution < -0.4 is 5.32 Å². The summed E-state index contributed by atoms with van der Waals surface area (Å²) < 4.78 is 11.1. The third kappa shape index (κ3) is 1.81. The summed E-state index contributed by atoms with van der Waals surface area (Å²) >= 11 is 0. The molecule has 0 bridgehead atoms. The van der Waals surface area contributed by atoms with E-state index >= 15 is 0 Å². The molecular weight excluding hydrogens is 226 g/mol. The molecule has 3 atom stereocenters. The van der Waals surface area contributed by atoms with Gasteiger partial charge in [0, 0.05) is 36.6 Å². The molecule has 2 aliphatic rings. The van der Waals surface area contributed by atoms with Crippen LogP contribution in [0.5, 0.6) is 0 Å². The fourth-order valence-electron chi connectivity index (χ4n) is 3.47. The fourth-order valence-corrected chi connectivity index (χ4v) is 3.47. The van der Waals surface area contributed by atoms with E-state index in [2.05, 4.69) is 25.2 Å². The summed E-state index contributed by atoms with van der Waals surface area (Å²) in [4.78, 5) is 0. The number of ether oxygens (including phenoxy) is 1. The van der Waals surface area contributed by atoms with Crippen LogP contribution in [-0.4, -0.2) is 19.3 Å². The lowest BCUT2D eigenvalue weighted by molar-refractivity contribution is -0.101. The summed E-state index contributed by atoms with van der Waals surface area (Å²) in [6.07, 6.45) is 6.87. The zero-order valence-electron chi connectivity index (χ0n) is 11.5. The molecule has 3 rings (SSSR count). The molecule has 0 saturated heterocycles. The quantitative estimate of drug-likeness (QED) is 0.894. The van der Waals surface area contributed by atoms with Crippen molar-refractivity contribution in [2.24, 2.45) is 5.41 Å². The number of furan rings is 1. The van der Waals surface area contributed by atoms with Gasteiger partial charge in [0.25, 0.3) is 0 Å². The average Bonchev–Trinajstić information content (AvgIpc) is 2.82. The van der Waals surface area contributed by atoms with E-state index in [-0.39, 0.29) is 5.41 Å². The SMILES string of the molecule is COC1CC(NC2CCCc3occc32)C1(C)C. The van der Waals surface area contributed by atoms with Crippen LogP contribution in [0.15, 0.2) is 16.7 Å². The Hall–Kier alpha value is -0.800. The minimum Gasteiger partial charge on any atom is -0.469 e. The number of hydrogen-bond acceptors (Lipinski definition) is 3. The predicted molar refractivity (Wildman–Crippen MR) is 70.5 cm³/mol. The van der Waals surface area contributed by atoms with Crippen LogP contribution in [0, 0.1) is 5.41 Å². The van der Waals surface area contributed by atoms with Gasteiger partial charge in [0.1, 0.15) is 5.76 Å². The maximum Gasteiger partial charge on any atom is 0.108 e. The topological polar surface area (TPSA) is 34.4 Å². The molecule has 1 N–H and O–H groups in total. The van der Waals surface area contributed by atoms with E-state index in [9.17, 15) is 0 Å². The summed E-state index contributed by atoms with van der Waals surface area (Å²) in [5.41, 5.74) is 1.61. The van der Waals surface area contributed by atoms with Gasteiger partial charge in [0.15, 0.2) is 0 Å². The lowest BCUT2D eigenvalue weighted by atomic mass is 9.64. The fraction of sp³-hybridized carbons (Fsp3) is 0.733. The molecule has 3 nitrogen and oxygen atoms in total. The third-order valence-corrected chi connectivity index (χ3v) is 4.92. The highest BCUT2D eigenvalue weighted by Crippen LogP contribution is 2.44. The zero-order valence-corrected chi connectivity index (χ0v) is 11.5. The second-order valence-corrected chi connectivity index (χ2v) is 6.24. The van der Waals surface area contributed by atoms with Gasteiger partial charge >= 0.3 is 0 Å². The van der Waals surface area contributed by atoms with Crippen LogP contribution in [0.2, 0.25) is 0 Å².